The van der Waals surface area contributed by atoms with Crippen LogP contribution in [0, 0.1) is 10.8 Å². The number of rotatable bonds is 2. The number of fused-ring (bicyclic) bond motifs is 1. The van der Waals surface area contributed by atoms with Gasteiger partial charge in [-0.3, -0.25) is 0 Å². The molecule has 3 rings (SSSR count). The van der Waals surface area contributed by atoms with Crippen LogP contribution in [0.15, 0.2) is 0 Å². The van der Waals surface area contributed by atoms with Crippen molar-refractivity contribution in [3.63, 3.8) is 0 Å². The van der Waals surface area contributed by atoms with Crippen molar-refractivity contribution >= 4 is 11.3 Å². The first-order chi connectivity index (χ1) is 9.75. The van der Waals surface area contributed by atoms with Crippen LogP contribution in [0.1, 0.15) is 75.4 Å². The number of aryl methyl sites for hydroxylation is 2. The third-order valence-corrected chi connectivity index (χ3v) is 6.61. The van der Waals surface area contributed by atoms with Gasteiger partial charge in [-0.2, -0.15) is 0 Å². The molecule has 0 bridgehead atoms. The highest BCUT2D eigenvalue weighted by atomic mass is 32.1. The lowest BCUT2D eigenvalue weighted by Gasteiger charge is -2.51. The van der Waals surface area contributed by atoms with Crippen LogP contribution in [0.25, 0.3) is 0 Å². The summed E-state index contributed by atoms with van der Waals surface area (Å²) in [6.45, 7) is 9.70. The van der Waals surface area contributed by atoms with Crippen molar-refractivity contribution in [3.05, 3.63) is 15.6 Å². The number of hydrogen-bond donors (Lipinski definition) is 1. The lowest BCUT2D eigenvalue weighted by atomic mass is 9.58. The smallest absolute Gasteiger partial charge is 0.113 e. The lowest BCUT2D eigenvalue weighted by Crippen LogP contribution is -2.51. The van der Waals surface area contributed by atoms with Gasteiger partial charge in [-0.1, -0.05) is 27.7 Å². The average molecular weight is 307 g/mol. The van der Waals surface area contributed by atoms with Crippen molar-refractivity contribution in [2.45, 2.75) is 78.2 Å². The minimum absolute atomic E-state index is 0.0766. The van der Waals surface area contributed by atoms with Crippen molar-refractivity contribution in [1.29, 1.82) is 0 Å². The van der Waals surface area contributed by atoms with Crippen LogP contribution in [0.5, 0.6) is 0 Å². The minimum atomic E-state index is 0.0766. The summed E-state index contributed by atoms with van der Waals surface area (Å²) < 4.78 is 0. The van der Waals surface area contributed by atoms with Crippen molar-refractivity contribution < 1.29 is 0 Å². The molecule has 0 radical (unpaired) electrons. The highest BCUT2D eigenvalue weighted by molar-refractivity contribution is 7.11. The molecular weight excluding hydrogens is 276 g/mol. The second kappa shape index (κ2) is 5.06. The fraction of sp³-hybridized carbons (Fsp3) is 0.833. The third-order valence-electron chi connectivity index (χ3n) is 5.25. The predicted octanol–water partition coefficient (Wildman–Crippen LogP) is 4.67. The largest absolute Gasteiger partial charge is 0.308 e. The molecule has 0 unspecified atom stereocenters. The Morgan fingerprint density at radius 2 is 1.57 bits per heavy atom. The molecule has 0 amide bonds. The Balaban J connectivity index is 2.01. The molecule has 0 atom stereocenters. The van der Waals surface area contributed by atoms with E-state index in [1.54, 1.807) is 4.88 Å². The fourth-order valence-electron chi connectivity index (χ4n) is 5.11. The standard InChI is InChI=1S/C18H30N2S/c1-16(2)10-17(3,4)12-18(11-16,19-5)15-20-13-8-6-7-9-14(13)21-15/h19H,6-12H2,1-5H3. The van der Waals surface area contributed by atoms with E-state index in [2.05, 4.69) is 40.1 Å². The van der Waals surface area contributed by atoms with Gasteiger partial charge in [-0.05, 0) is 62.8 Å². The van der Waals surface area contributed by atoms with Crippen LogP contribution in [-0.2, 0) is 18.4 Å². The van der Waals surface area contributed by atoms with Crippen LogP contribution in [0.2, 0.25) is 0 Å². The maximum atomic E-state index is 5.10. The summed E-state index contributed by atoms with van der Waals surface area (Å²) in [7, 11) is 2.14. The molecule has 2 aliphatic carbocycles. The number of hydrogen-bond acceptors (Lipinski definition) is 3. The molecular formula is C18H30N2S. The zero-order valence-electron chi connectivity index (χ0n) is 14.3. The highest BCUT2D eigenvalue weighted by Crippen LogP contribution is 2.54. The SMILES string of the molecule is CNC1(c2nc3c(s2)CCCC3)CC(C)(C)CC(C)(C)C1. The summed E-state index contributed by atoms with van der Waals surface area (Å²) in [5.41, 5.74) is 2.22. The van der Waals surface area contributed by atoms with E-state index in [1.807, 2.05) is 11.3 Å². The summed E-state index contributed by atoms with van der Waals surface area (Å²) in [4.78, 5) is 6.67. The van der Waals surface area contributed by atoms with Gasteiger partial charge in [0.1, 0.15) is 5.01 Å². The Bertz CT molecular complexity index is 488. The zero-order chi connectivity index (χ0) is 15.3. The van der Waals surface area contributed by atoms with Gasteiger partial charge < -0.3 is 5.32 Å². The first kappa shape index (κ1) is 15.5. The Morgan fingerprint density at radius 1 is 0.952 bits per heavy atom. The van der Waals surface area contributed by atoms with Crippen molar-refractivity contribution in [2.75, 3.05) is 7.05 Å². The van der Waals surface area contributed by atoms with E-state index in [0.29, 0.717) is 10.8 Å². The number of aromatic nitrogens is 1. The Labute approximate surface area is 133 Å². The van der Waals surface area contributed by atoms with Crippen molar-refractivity contribution in [2.24, 2.45) is 10.8 Å². The summed E-state index contributed by atoms with van der Waals surface area (Å²) in [5, 5.41) is 5.06. The second-order valence-corrected chi connectivity index (χ2v) is 9.87. The summed E-state index contributed by atoms with van der Waals surface area (Å²) in [5.74, 6) is 0. The van der Waals surface area contributed by atoms with Gasteiger partial charge in [0.15, 0.2) is 0 Å². The maximum absolute atomic E-state index is 5.10. The van der Waals surface area contributed by atoms with Crippen molar-refractivity contribution in [3.8, 4) is 0 Å². The lowest BCUT2D eigenvalue weighted by molar-refractivity contribution is 0.0299. The number of nitrogens with one attached hydrogen (secondary N) is 1. The molecule has 21 heavy (non-hydrogen) atoms. The third kappa shape index (κ3) is 2.92. The zero-order valence-corrected chi connectivity index (χ0v) is 15.1. The van der Waals surface area contributed by atoms with Crippen LogP contribution >= 0.6 is 11.3 Å². The Hall–Kier alpha value is -0.410. The number of nitrogens with zero attached hydrogens (tertiary/aromatic N) is 1. The van der Waals surface area contributed by atoms with Gasteiger partial charge in [0, 0.05) is 4.88 Å². The average Bonchev–Trinajstić information content (AvgIpc) is 2.79. The molecule has 0 spiro atoms. The molecule has 1 aromatic heterocycles. The highest BCUT2D eigenvalue weighted by Gasteiger charge is 2.49. The Kier molecular flexibility index (Phi) is 3.73. The summed E-state index contributed by atoms with van der Waals surface area (Å²) in [6.07, 6.45) is 8.81. The van der Waals surface area contributed by atoms with Crippen LogP contribution in [-0.4, -0.2) is 12.0 Å². The molecule has 1 N–H and O–H groups in total. The molecule has 1 fully saturated rings. The molecule has 2 aliphatic rings. The van der Waals surface area contributed by atoms with Gasteiger partial charge in [-0.25, -0.2) is 4.98 Å². The van der Waals surface area contributed by atoms with Gasteiger partial charge in [0.2, 0.25) is 0 Å². The van der Waals surface area contributed by atoms with Crippen LogP contribution < -0.4 is 5.32 Å². The molecule has 1 aromatic rings. The van der Waals surface area contributed by atoms with Gasteiger partial charge in [0.05, 0.1) is 11.2 Å². The number of thiazole rings is 1. The predicted molar refractivity (Wildman–Crippen MR) is 90.9 cm³/mol. The molecule has 1 saturated carbocycles. The van der Waals surface area contributed by atoms with E-state index in [0.717, 1.165) is 0 Å². The molecule has 0 saturated heterocycles. The minimum Gasteiger partial charge on any atom is -0.308 e. The fourth-order valence-corrected chi connectivity index (χ4v) is 6.45. The molecule has 2 nitrogen and oxygen atoms in total. The van der Waals surface area contributed by atoms with Crippen LogP contribution in [0.3, 0.4) is 0 Å². The Morgan fingerprint density at radius 3 is 2.14 bits per heavy atom. The van der Waals surface area contributed by atoms with Gasteiger partial charge in [-0.15, -0.1) is 11.3 Å². The maximum Gasteiger partial charge on any atom is 0.113 e. The first-order valence-corrected chi connectivity index (χ1v) is 9.25. The molecule has 118 valence electrons. The van der Waals surface area contributed by atoms with E-state index in [4.69, 9.17) is 4.98 Å². The van der Waals surface area contributed by atoms with Crippen molar-refractivity contribution in [1.82, 2.24) is 10.3 Å². The van der Waals surface area contributed by atoms with Gasteiger partial charge >= 0.3 is 0 Å². The molecule has 3 heteroatoms. The van der Waals surface area contributed by atoms with E-state index in [9.17, 15) is 0 Å². The monoisotopic (exact) mass is 306 g/mol. The normalized spacial score (nSPS) is 26.3. The van der Waals surface area contributed by atoms with E-state index >= 15 is 0 Å². The van der Waals surface area contributed by atoms with E-state index in [-0.39, 0.29) is 5.54 Å². The van der Waals surface area contributed by atoms with E-state index in [1.165, 1.54) is 55.6 Å². The summed E-state index contributed by atoms with van der Waals surface area (Å²) in [6, 6.07) is 0. The molecule has 0 aliphatic heterocycles. The summed E-state index contributed by atoms with van der Waals surface area (Å²) >= 11 is 1.99. The van der Waals surface area contributed by atoms with Crippen LogP contribution in [0.4, 0.5) is 0 Å². The first-order valence-electron chi connectivity index (χ1n) is 8.43. The molecule has 1 heterocycles. The second-order valence-electron chi connectivity index (χ2n) is 8.79. The quantitative estimate of drug-likeness (QED) is 0.858. The topological polar surface area (TPSA) is 24.9 Å². The van der Waals surface area contributed by atoms with Gasteiger partial charge in [0.25, 0.3) is 0 Å². The molecule has 0 aromatic carbocycles. The van der Waals surface area contributed by atoms with E-state index < -0.39 is 0 Å².